The van der Waals surface area contributed by atoms with Crippen molar-refractivity contribution in [2.75, 3.05) is 0 Å². The lowest BCUT2D eigenvalue weighted by atomic mass is 10.1. The fourth-order valence-electron chi connectivity index (χ4n) is 3.58. The molecule has 0 amide bonds. The molecule has 0 fully saturated rings. The Bertz CT molecular complexity index is 1210. The predicted molar refractivity (Wildman–Crippen MR) is 119 cm³/mol. The summed E-state index contributed by atoms with van der Waals surface area (Å²) in [7, 11) is 0. The number of aryl methyl sites for hydroxylation is 3. The van der Waals surface area contributed by atoms with Crippen LogP contribution < -0.4 is 0 Å². The van der Waals surface area contributed by atoms with Crippen molar-refractivity contribution in [3.63, 3.8) is 0 Å². The first-order valence-electron chi connectivity index (χ1n) is 9.98. The molecular formula is C25H25FN4. The third-order valence-corrected chi connectivity index (χ3v) is 5.38. The number of rotatable bonds is 5. The van der Waals surface area contributed by atoms with Crippen molar-refractivity contribution in [3.05, 3.63) is 100 Å². The lowest BCUT2D eigenvalue weighted by molar-refractivity contribution is 0.626. The molecule has 0 radical (unpaired) electrons. The van der Waals surface area contributed by atoms with E-state index in [2.05, 4.69) is 47.7 Å². The van der Waals surface area contributed by atoms with Crippen LogP contribution in [0.4, 0.5) is 4.39 Å². The highest BCUT2D eigenvalue weighted by atomic mass is 19.1. The second-order valence-electron chi connectivity index (χ2n) is 7.66. The summed E-state index contributed by atoms with van der Waals surface area (Å²) in [4.78, 5) is 9.03. The van der Waals surface area contributed by atoms with Crippen molar-refractivity contribution in [1.82, 2.24) is 19.1 Å². The number of hydrogen-bond donors (Lipinski definition) is 0. The minimum Gasteiger partial charge on any atom is -0.324 e. The number of halogens is 1. The Labute approximate surface area is 176 Å². The zero-order valence-electron chi connectivity index (χ0n) is 17.7. The molecule has 152 valence electrons. The van der Waals surface area contributed by atoms with Crippen LogP contribution in [0.1, 0.15) is 39.6 Å². The van der Waals surface area contributed by atoms with Gasteiger partial charge in [-0.25, -0.2) is 14.4 Å². The third-order valence-electron chi connectivity index (χ3n) is 5.38. The lowest BCUT2D eigenvalue weighted by Crippen LogP contribution is -2.04. The van der Waals surface area contributed by atoms with E-state index in [4.69, 9.17) is 4.98 Å². The Morgan fingerprint density at radius 3 is 2.40 bits per heavy atom. The summed E-state index contributed by atoms with van der Waals surface area (Å²) in [5, 5.41) is 0. The topological polar surface area (TPSA) is 35.6 Å². The summed E-state index contributed by atoms with van der Waals surface area (Å²) in [6.07, 6.45) is 7.98. The second kappa shape index (κ2) is 8.11. The molecule has 4 rings (SSSR count). The van der Waals surface area contributed by atoms with Crippen molar-refractivity contribution in [1.29, 1.82) is 0 Å². The largest absolute Gasteiger partial charge is 0.324 e. The van der Waals surface area contributed by atoms with Crippen LogP contribution in [0.3, 0.4) is 0 Å². The van der Waals surface area contributed by atoms with Crippen LogP contribution in [0.15, 0.2) is 55.0 Å². The molecule has 0 atom stereocenters. The smallest absolute Gasteiger partial charge is 0.133 e. The van der Waals surface area contributed by atoms with Crippen LogP contribution in [0, 0.1) is 33.5 Å². The first kappa shape index (κ1) is 19.8. The van der Waals surface area contributed by atoms with Crippen molar-refractivity contribution in [2.45, 2.75) is 34.2 Å². The van der Waals surface area contributed by atoms with Gasteiger partial charge >= 0.3 is 0 Å². The molecule has 4 nitrogen and oxygen atoms in total. The quantitative estimate of drug-likeness (QED) is 0.433. The molecule has 0 bridgehead atoms. The van der Waals surface area contributed by atoms with Crippen LogP contribution >= 0.6 is 0 Å². The van der Waals surface area contributed by atoms with E-state index in [9.17, 15) is 4.39 Å². The van der Waals surface area contributed by atoms with E-state index in [-0.39, 0.29) is 5.82 Å². The standard InChI is InChI=1S/C25H25FN4/c1-17-13-21(7-11-24(17)29-14-18(2)27-16-29)8-12-25-28-19(3)20(4)30(25)15-22-5-9-23(26)10-6-22/h5-14,16H,15H2,1-4H3/b12-8+. The average molecular weight is 401 g/mol. The number of benzene rings is 2. The average Bonchev–Trinajstić information content (AvgIpc) is 3.26. The van der Waals surface area contributed by atoms with Crippen LogP contribution in [-0.2, 0) is 6.54 Å². The van der Waals surface area contributed by atoms with Gasteiger partial charge in [-0.15, -0.1) is 0 Å². The molecule has 0 saturated heterocycles. The molecule has 5 heteroatoms. The van der Waals surface area contributed by atoms with Gasteiger partial charge in [0.15, 0.2) is 0 Å². The fraction of sp³-hybridized carbons (Fsp3) is 0.200. The molecule has 2 aromatic heterocycles. The molecule has 0 saturated carbocycles. The molecule has 0 spiro atoms. The molecule has 4 aromatic rings. The summed E-state index contributed by atoms with van der Waals surface area (Å²) in [5.41, 5.74) is 7.56. The summed E-state index contributed by atoms with van der Waals surface area (Å²) < 4.78 is 17.4. The van der Waals surface area contributed by atoms with Gasteiger partial charge in [-0.2, -0.15) is 0 Å². The van der Waals surface area contributed by atoms with Gasteiger partial charge in [0.25, 0.3) is 0 Å². The van der Waals surface area contributed by atoms with Gasteiger partial charge in [0.2, 0.25) is 0 Å². The van der Waals surface area contributed by atoms with Crippen molar-refractivity contribution < 1.29 is 4.39 Å². The summed E-state index contributed by atoms with van der Waals surface area (Å²) in [5.74, 6) is 0.670. The van der Waals surface area contributed by atoms with Gasteiger partial charge in [-0.05, 0) is 74.7 Å². The highest BCUT2D eigenvalue weighted by molar-refractivity contribution is 5.68. The van der Waals surface area contributed by atoms with Gasteiger partial charge in [-0.1, -0.05) is 24.3 Å². The number of aromatic nitrogens is 4. The van der Waals surface area contributed by atoms with E-state index in [1.165, 1.54) is 17.7 Å². The summed E-state index contributed by atoms with van der Waals surface area (Å²) in [6, 6.07) is 13.0. The molecular weight excluding hydrogens is 375 g/mol. The Morgan fingerprint density at radius 2 is 1.73 bits per heavy atom. The third kappa shape index (κ3) is 4.10. The Balaban J connectivity index is 1.60. The van der Waals surface area contributed by atoms with Crippen LogP contribution in [0.25, 0.3) is 17.8 Å². The van der Waals surface area contributed by atoms with Crippen molar-refractivity contribution in [2.24, 2.45) is 0 Å². The molecule has 0 aliphatic heterocycles. The van der Waals surface area contributed by atoms with Gasteiger partial charge in [0, 0.05) is 24.1 Å². The minimum atomic E-state index is -0.220. The highest BCUT2D eigenvalue weighted by Gasteiger charge is 2.10. The Kier molecular flexibility index (Phi) is 5.36. The fourth-order valence-corrected chi connectivity index (χ4v) is 3.58. The predicted octanol–water partition coefficient (Wildman–Crippen LogP) is 5.66. The first-order chi connectivity index (χ1) is 14.4. The normalized spacial score (nSPS) is 11.5. The van der Waals surface area contributed by atoms with E-state index in [1.54, 1.807) is 0 Å². The van der Waals surface area contributed by atoms with Crippen molar-refractivity contribution in [3.8, 4) is 5.69 Å². The van der Waals surface area contributed by atoms with E-state index in [0.29, 0.717) is 6.54 Å². The Morgan fingerprint density at radius 1 is 0.967 bits per heavy atom. The van der Waals surface area contributed by atoms with Gasteiger partial charge < -0.3 is 9.13 Å². The Hall–Kier alpha value is -3.47. The zero-order chi connectivity index (χ0) is 21.3. The minimum absolute atomic E-state index is 0.220. The second-order valence-corrected chi connectivity index (χ2v) is 7.66. The summed E-state index contributed by atoms with van der Waals surface area (Å²) >= 11 is 0. The van der Waals surface area contributed by atoms with Gasteiger partial charge in [-0.3, -0.25) is 0 Å². The van der Waals surface area contributed by atoms with Crippen LogP contribution in [0.5, 0.6) is 0 Å². The maximum atomic E-state index is 13.2. The van der Waals surface area contributed by atoms with Gasteiger partial charge in [0.1, 0.15) is 11.6 Å². The molecule has 30 heavy (non-hydrogen) atoms. The number of hydrogen-bond acceptors (Lipinski definition) is 2. The first-order valence-corrected chi connectivity index (χ1v) is 9.98. The van der Waals surface area contributed by atoms with Crippen molar-refractivity contribution >= 4 is 12.2 Å². The van der Waals surface area contributed by atoms with E-state index >= 15 is 0 Å². The monoisotopic (exact) mass is 400 g/mol. The number of nitrogens with zero attached hydrogens (tertiary/aromatic N) is 4. The van der Waals surface area contributed by atoms with E-state index in [0.717, 1.165) is 39.7 Å². The SMILES string of the molecule is Cc1cn(-c2ccc(/C=C/c3nc(C)c(C)n3Cc3ccc(F)cc3)cc2C)cn1. The molecule has 0 N–H and O–H groups in total. The van der Waals surface area contributed by atoms with Gasteiger partial charge in [0.05, 0.1) is 17.7 Å². The number of imidazole rings is 2. The maximum Gasteiger partial charge on any atom is 0.133 e. The highest BCUT2D eigenvalue weighted by Crippen LogP contribution is 2.20. The molecule has 0 aliphatic carbocycles. The molecule has 0 aliphatic rings. The maximum absolute atomic E-state index is 13.2. The molecule has 0 unspecified atom stereocenters. The lowest BCUT2D eigenvalue weighted by Gasteiger charge is -2.09. The van der Waals surface area contributed by atoms with E-state index in [1.807, 2.05) is 49.1 Å². The van der Waals surface area contributed by atoms with Crippen LogP contribution in [0.2, 0.25) is 0 Å². The summed E-state index contributed by atoms with van der Waals surface area (Å²) in [6.45, 7) is 8.83. The van der Waals surface area contributed by atoms with Crippen LogP contribution in [-0.4, -0.2) is 19.1 Å². The molecule has 2 heterocycles. The van der Waals surface area contributed by atoms with E-state index < -0.39 is 0 Å². The zero-order valence-corrected chi connectivity index (χ0v) is 17.7. The molecule has 2 aromatic carbocycles.